The number of hydrogen-bond donors (Lipinski definition) is 2. The summed E-state index contributed by atoms with van der Waals surface area (Å²) in [5.74, 6) is -0.833. The minimum absolute atomic E-state index is 0.790. The topological polar surface area (TPSA) is 42.2 Å². The zero-order valence-electron chi connectivity index (χ0n) is 14.7. The van der Waals surface area contributed by atoms with Crippen LogP contribution in [0.1, 0.15) is 36.6 Å². The molecule has 0 amide bonds. The summed E-state index contributed by atoms with van der Waals surface area (Å²) < 4.78 is 2.47. The van der Waals surface area contributed by atoms with E-state index < -0.39 is 5.97 Å². The first-order valence-electron chi connectivity index (χ1n) is 8.73. The Hall–Kier alpha value is -1.91. The molecular formula is C21H22ClNO2S. The van der Waals surface area contributed by atoms with E-state index in [2.05, 4.69) is 34.9 Å². The number of thiol groups is 1. The molecule has 0 unspecified atom stereocenters. The molecule has 1 aliphatic carbocycles. The van der Waals surface area contributed by atoms with E-state index in [1.54, 1.807) is 0 Å². The van der Waals surface area contributed by atoms with Crippen molar-refractivity contribution in [2.24, 2.45) is 0 Å². The van der Waals surface area contributed by atoms with Crippen LogP contribution >= 0.6 is 24.2 Å². The van der Waals surface area contributed by atoms with Crippen molar-refractivity contribution < 1.29 is 9.90 Å². The van der Waals surface area contributed by atoms with Crippen molar-refractivity contribution in [2.45, 2.75) is 44.0 Å². The molecule has 3 nitrogen and oxygen atoms in total. The van der Waals surface area contributed by atoms with Gasteiger partial charge in [-0.2, -0.15) is 0 Å². The summed E-state index contributed by atoms with van der Waals surface area (Å²) in [6, 6.07) is 14.6. The first-order chi connectivity index (χ1) is 12.5. The number of rotatable bonds is 2. The van der Waals surface area contributed by atoms with Crippen molar-refractivity contribution in [3.8, 4) is 0 Å². The van der Waals surface area contributed by atoms with Crippen molar-refractivity contribution in [1.29, 1.82) is 0 Å². The summed E-state index contributed by atoms with van der Waals surface area (Å²) >= 11 is 10.7. The molecule has 0 aliphatic heterocycles. The van der Waals surface area contributed by atoms with Gasteiger partial charge in [0.1, 0.15) is 0 Å². The summed E-state index contributed by atoms with van der Waals surface area (Å²) in [5, 5.41) is 9.59. The van der Waals surface area contributed by atoms with Gasteiger partial charge in [0.25, 0.3) is 5.97 Å². The monoisotopic (exact) mass is 387 g/mol. The first-order valence-corrected chi connectivity index (χ1v) is 9.55. The summed E-state index contributed by atoms with van der Waals surface area (Å²) in [7, 11) is 0. The van der Waals surface area contributed by atoms with Crippen LogP contribution in [0.25, 0.3) is 10.9 Å². The van der Waals surface area contributed by atoms with Crippen LogP contribution in [0.3, 0.4) is 0 Å². The molecule has 0 fully saturated rings. The molecule has 2 aromatic carbocycles. The molecule has 3 aromatic rings. The van der Waals surface area contributed by atoms with Crippen LogP contribution in [0.5, 0.6) is 0 Å². The number of carboxylic acids is 1. The Balaban J connectivity index is 0.000000447. The van der Waals surface area contributed by atoms with Crippen molar-refractivity contribution in [2.75, 3.05) is 0 Å². The third-order valence-electron chi connectivity index (χ3n) is 4.63. The van der Waals surface area contributed by atoms with Gasteiger partial charge < -0.3 is 9.67 Å². The highest BCUT2D eigenvalue weighted by Gasteiger charge is 2.21. The van der Waals surface area contributed by atoms with Gasteiger partial charge in [-0.15, -0.1) is 12.6 Å². The molecule has 0 spiro atoms. The second-order valence-electron chi connectivity index (χ2n) is 6.54. The Morgan fingerprint density at radius 3 is 2.50 bits per heavy atom. The predicted octanol–water partition coefficient (Wildman–Crippen LogP) is 5.60. The minimum Gasteiger partial charge on any atom is -0.481 e. The number of para-hydroxylation sites is 1. The van der Waals surface area contributed by atoms with E-state index >= 15 is 0 Å². The van der Waals surface area contributed by atoms with Gasteiger partial charge >= 0.3 is 0 Å². The Bertz CT molecular complexity index is 927. The highest BCUT2D eigenvalue weighted by molar-refractivity contribution is 7.80. The molecule has 1 aliphatic rings. The molecule has 26 heavy (non-hydrogen) atoms. The number of nitrogens with zero attached hydrogens (tertiary/aromatic N) is 1. The number of halogens is 1. The van der Waals surface area contributed by atoms with Crippen molar-refractivity contribution in [1.82, 2.24) is 4.57 Å². The maximum Gasteiger partial charge on any atom is 0.300 e. The molecule has 4 rings (SSSR count). The van der Waals surface area contributed by atoms with Crippen LogP contribution in [0.4, 0.5) is 0 Å². The van der Waals surface area contributed by atoms with Gasteiger partial charge in [-0.3, -0.25) is 4.79 Å². The number of fused-ring (bicyclic) bond motifs is 3. The number of aryl methyl sites for hydroxylation is 1. The summed E-state index contributed by atoms with van der Waals surface area (Å²) in [6.07, 6.45) is 4.94. The number of benzene rings is 2. The standard InChI is InChI=1S/C19H18ClNS.C2H4O2/c20-14-10-8-13(9-11-14)12-21-17-6-2-1-4-15(17)16-5-3-7-18(22)19(16)21;1-2(3)4/h3,5,7-11,22H,1-2,4,6,12H2;1H3,(H,3,4). The fourth-order valence-electron chi connectivity index (χ4n) is 3.62. The molecular weight excluding hydrogens is 366 g/mol. The Morgan fingerprint density at radius 1 is 1.15 bits per heavy atom. The van der Waals surface area contributed by atoms with Crippen molar-refractivity contribution in [3.63, 3.8) is 0 Å². The van der Waals surface area contributed by atoms with E-state index in [1.165, 1.54) is 53.4 Å². The number of aliphatic carboxylic acids is 1. The second-order valence-corrected chi connectivity index (χ2v) is 7.46. The molecule has 0 radical (unpaired) electrons. The lowest BCUT2D eigenvalue weighted by atomic mass is 9.95. The molecule has 0 saturated carbocycles. The van der Waals surface area contributed by atoms with E-state index in [0.717, 1.165) is 23.4 Å². The van der Waals surface area contributed by atoms with Gasteiger partial charge in [0.15, 0.2) is 0 Å². The molecule has 0 saturated heterocycles. The van der Waals surface area contributed by atoms with Gasteiger partial charge in [-0.1, -0.05) is 35.9 Å². The van der Waals surface area contributed by atoms with Crippen molar-refractivity contribution in [3.05, 3.63) is 64.3 Å². The van der Waals surface area contributed by atoms with Gasteiger partial charge in [0.2, 0.25) is 0 Å². The summed E-state index contributed by atoms with van der Waals surface area (Å²) in [5.41, 5.74) is 5.60. The molecule has 5 heteroatoms. The Labute approximate surface area is 164 Å². The Morgan fingerprint density at radius 2 is 1.81 bits per heavy atom. The zero-order valence-corrected chi connectivity index (χ0v) is 16.4. The fraction of sp³-hybridized carbons (Fsp3) is 0.286. The van der Waals surface area contributed by atoms with E-state index in [-0.39, 0.29) is 0 Å². The molecule has 1 heterocycles. The van der Waals surface area contributed by atoms with Crippen LogP contribution in [0.2, 0.25) is 5.02 Å². The summed E-state index contributed by atoms with van der Waals surface area (Å²) in [6.45, 7) is 1.97. The van der Waals surface area contributed by atoms with Crippen LogP contribution in [0.15, 0.2) is 47.4 Å². The fourth-order valence-corrected chi connectivity index (χ4v) is 4.07. The number of carboxylic acid groups (broad SMARTS) is 1. The third-order valence-corrected chi connectivity index (χ3v) is 5.24. The summed E-state index contributed by atoms with van der Waals surface area (Å²) in [4.78, 5) is 10.1. The lowest BCUT2D eigenvalue weighted by Crippen LogP contribution is -2.09. The van der Waals surface area contributed by atoms with Crippen LogP contribution in [-0.2, 0) is 24.2 Å². The number of hydrogen-bond acceptors (Lipinski definition) is 2. The molecule has 1 aromatic heterocycles. The van der Waals surface area contributed by atoms with Crippen molar-refractivity contribution >= 4 is 41.1 Å². The highest BCUT2D eigenvalue weighted by atomic mass is 35.5. The number of aromatic nitrogens is 1. The lowest BCUT2D eigenvalue weighted by Gasteiger charge is -2.16. The van der Waals surface area contributed by atoms with Gasteiger partial charge in [-0.05, 0) is 55.0 Å². The van der Waals surface area contributed by atoms with Gasteiger partial charge in [0, 0.05) is 34.5 Å². The number of carbonyl (C=O) groups is 1. The molecule has 1 N–H and O–H groups in total. The average molecular weight is 388 g/mol. The minimum atomic E-state index is -0.833. The van der Waals surface area contributed by atoms with Crippen LogP contribution in [-0.4, -0.2) is 15.6 Å². The average Bonchev–Trinajstić information content (AvgIpc) is 2.92. The lowest BCUT2D eigenvalue weighted by molar-refractivity contribution is -0.134. The SMILES string of the molecule is CC(=O)O.Sc1cccc2c3c(n(Cc4ccc(Cl)cc4)c12)CCCC3. The van der Waals surface area contributed by atoms with E-state index in [4.69, 9.17) is 34.1 Å². The van der Waals surface area contributed by atoms with E-state index in [0.29, 0.717) is 0 Å². The molecule has 0 atom stereocenters. The van der Waals surface area contributed by atoms with E-state index in [1.807, 2.05) is 12.1 Å². The maximum atomic E-state index is 9.00. The van der Waals surface area contributed by atoms with E-state index in [9.17, 15) is 0 Å². The first kappa shape index (κ1) is 18.9. The van der Waals surface area contributed by atoms with Crippen LogP contribution in [0, 0.1) is 0 Å². The second kappa shape index (κ2) is 8.19. The third kappa shape index (κ3) is 4.08. The largest absolute Gasteiger partial charge is 0.481 e. The zero-order chi connectivity index (χ0) is 18.7. The molecule has 0 bridgehead atoms. The van der Waals surface area contributed by atoms with Gasteiger partial charge in [0.05, 0.1) is 5.52 Å². The van der Waals surface area contributed by atoms with Crippen LogP contribution < -0.4 is 0 Å². The maximum absolute atomic E-state index is 9.00. The predicted molar refractivity (Wildman–Crippen MR) is 110 cm³/mol. The normalized spacial score (nSPS) is 13.0. The quantitative estimate of drug-likeness (QED) is 0.562. The molecule has 136 valence electrons. The Kier molecular flexibility index (Phi) is 5.94. The smallest absolute Gasteiger partial charge is 0.300 e. The highest BCUT2D eigenvalue weighted by Crippen LogP contribution is 2.35. The van der Waals surface area contributed by atoms with Gasteiger partial charge in [-0.25, -0.2) is 0 Å².